The number of likely N-dealkylation sites (N-methyl/N-ethyl adjacent to an activating group) is 1. The molecular weight excluding hydrogens is 214 g/mol. The van der Waals surface area contributed by atoms with Crippen LogP contribution < -0.4 is 5.32 Å². The molecule has 1 unspecified atom stereocenters. The number of nitriles is 1. The highest BCUT2D eigenvalue weighted by Gasteiger charge is 2.25. The van der Waals surface area contributed by atoms with Crippen LogP contribution >= 0.6 is 0 Å². The van der Waals surface area contributed by atoms with Gasteiger partial charge in [0.05, 0.1) is 11.6 Å². The molecule has 0 spiro atoms. The van der Waals surface area contributed by atoms with E-state index in [4.69, 9.17) is 5.26 Å². The molecule has 0 radical (unpaired) electrons. The number of hydrogen-bond donors (Lipinski definition) is 1. The Morgan fingerprint density at radius 3 is 3.06 bits per heavy atom. The Hall–Kier alpha value is -1.86. The summed E-state index contributed by atoms with van der Waals surface area (Å²) in [6.45, 7) is 1.46. The standard InChI is InChI=1S/C13H15N3O/c1-16-9-12(6-13(16)17)15-8-11-4-2-3-10(5-11)7-14/h2-5,12,15H,6,8-9H2,1H3. The van der Waals surface area contributed by atoms with Crippen molar-refractivity contribution in [3.63, 3.8) is 0 Å². The van der Waals surface area contributed by atoms with Crippen LogP contribution in [0.25, 0.3) is 0 Å². The van der Waals surface area contributed by atoms with Crippen LogP contribution in [0.4, 0.5) is 0 Å². The SMILES string of the molecule is CN1CC(NCc2cccc(C#N)c2)CC1=O. The second-order valence-corrected chi connectivity index (χ2v) is 4.37. The Balaban J connectivity index is 1.90. The second-order valence-electron chi connectivity index (χ2n) is 4.37. The first-order chi connectivity index (χ1) is 8.19. The minimum atomic E-state index is 0.188. The van der Waals surface area contributed by atoms with E-state index in [0.717, 1.165) is 12.1 Å². The topological polar surface area (TPSA) is 56.1 Å². The number of likely N-dealkylation sites (tertiary alicyclic amines) is 1. The summed E-state index contributed by atoms with van der Waals surface area (Å²) in [7, 11) is 1.82. The van der Waals surface area contributed by atoms with Gasteiger partial charge in [-0.15, -0.1) is 0 Å². The van der Waals surface area contributed by atoms with E-state index < -0.39 is 0 Å². The molecule has 1 saturated heterocycles. The molecule has 1 fully saturated rings. The van der Waals surface area contributed by atoms with Crippen molar-refractivity contribution in [2.75, 3.05) is 13.6 Å². The minimum absolute atomic E-state index is 0.188. The zero-order chi connectivity index (χ0) is 12.3. The summed E-state index contributed by atoms with van der Waals surface area (Å²) in [4.78, 5) is 13.1. The molecule has 1 atom stereocenters. The van der Waals surface area contributed by atoms with Crippen LogP contribution in [-0.4, -0.2) is 30.4 Å². The van der Waals surface area contributed by atoms with Gasteiger partial charge in [0.15, 0.2) is 0 Å². The van der Waals surface area contributed by atoms with Crippen LogP contribution in [-0.2, 0) is 11.3 Å². The number of nitrogens with one attached hydrogen (secondary N) is 1. The van der Waals surface area contributed by atoms with Gasteiger partial charge in [-0.05, 0) is 17.7 Å². The fraction of sp³-hybridized carbons (Fsp3) is 0.385. The Kier molecular flexibility index (Phi) is 3.40. The van der Waals surface area contributed by atoms with E-state index in [0.29, 0.717) is 18.5 Å². The lowest BCUT2D eigenvalue weighted by molar-refractivity contribution is -0.126. The van der Waals surface area contributed by atoms with Gasteiger partial charge in [0.1, 0.15) is 0 Å². The van der Waals surface area contributed by atoms with Crippen LogP contribution in [0.3, 0.4) is 0 Å². The summed E-state index contributed by atoms with van der Waals surface area (Å²) in [5, 5.41) is 12.1. The average molecular weight is 229 g/mol. The Labute approximate surface area is 101 Å². The summed E-state index contributed by atoms with van der Waals surface area (Å²) in [5.74, 6) is 0.188. The molecule has 1 heterocycles. The first-order valence-corrected chi connectivity index (χ1v) is 5.65. The van der Waals surface area contributed by atoms with Crippen molar-refractivity contribution in [2.24, 2.45) is 0 Å². The number of nitrogens with zero attached hydrogens (tertiary/aromatic N) is 2. The Morgan fingerprint density at radius 1 is 1.59 bits per heavy atom. The maximum Gasteiger partial charge on any atom is 0.224 e. The lowest BCUT2D eigenvalue weighted by Crippen LogP contribution is -2.31. The molecule has 0 aliphatic carbocycles. The summed E-state index contributed by atoms with van der Waals surface area (Å²) < 4.78 is 0. The average Bonchev–Trinajstić information content (AvgIpc) is 2.67. The van der Waals surface area contributed by atoms with E-state index in [1.165, 1.54) is 0 Å². The van der Waals surface area contributed by atoms with E-state index in [2.05, 4.69) is 11.4 Å². The fourth-order valence-electron chi connectivity index (χ4n) is 2.01. The number of benzene rings is 1. The number of hydrogen-bond acceptors (Lipinski definition) is 3. The molecule has 0 bridgehead atoms. The van der Waals surface area contributed by atoms with E-state index in [1.807, 2.05) is 25.2 Å². The summed E-state index contributed by atoms with van der Waals surface area (Å²) in [6, 6.07) is 9.85. The second kappa shape index (κ2) is 4.98. The minimum Gasteiger partial charge on any atom is -0.344 e. The van der Waals surface area contributed by atoms with Gasteiger partial charge in [0.25, 0.3) is 0 Å². The normalized spacial score (nSPS) is 19.4. The van der Waals surface area contributed by atoms with Gasteiger partial charge in [-0.1, -0.05) is 12.1 Å². The first-order valence-electron chi connectivity index (χ1n) is 5.65. The highest BCUT2D eigenvalue weighted by molar-refractivity contribution is 5.78. The third kappa shape index (κ3) is 2.83. The predicted octanol–water partition coefficient (Wildman–Crippen LogP) is 0.879. The summed E-state index contributed by atoms with van der Waals surface area (Å²) in [6.07, 6.45) is 0.564. The van der Waals surface area contributed by atoms with Crippen molar-refractivity contribution in [2.45, 2.75) is 19.0 Å². The maximum atomic E-state index is 11.3. The van der Waals surface area contributed by atoms with Gasteiger partial charge < -0.3 is 10.2 Å². The largest absolute Gasteiger partial charge is 0.344 e. The molecule has 0 saturated carbocycles. The van der Waals surface area contributed by atoms with Crippen LogP contribution in [0.1, 0.15) is 17.5 Å². The molecule has 2 rings (SSSR count). The van der Waals surface area contributed by atoms with E-state index in [-0.39, 0.29) is 11.9 Å². The number of carbonyl (C=O) groups excluding carboxylic acids is 1. The zero-order valence-corrected chi connectivity index (χ0v) is 9.81. The van der Waals surface area contributed by atoms with Crippen LogP contribution in [0, 0.1) is 11.3 Å². The molecule has 0 aromatic heterocycles. The van der Waals surface area contributed by atoms with Gasteiger partial charge in [-0.25, -0.2) is 0 Å². The van der Waals surface area contributed by atoms with Crippen molar-refractivity contribution in [3.8, 4) is 6.07 Å². The van der Waals surface area contributed by atoms with Crippen molar-refractivity contribution >= 4 is 5.91 Å². The van der Waals surface area contributed by atoms with Gasteiger partial charge in [-0.2, -0.15) is 5.26 Å². The van der Waals surface area contributed by atoms with Gasteiger partial charge in [-0.3, -0.25) is 4.79 Å². The molecule has 1 aromatic rings. The number of rotatable bonds is 3. The van der Waals surface area contributed by atoms with Crippen molar-refractivity contribution < 1.29 is 4.79 Å². The third-order valence-corrected chi connectivity index (χ3v) is 2.99. The maximum absolute atomic E-state index is 11.3. The summed E-state index contributed by atoms with van der Waals surface area (Å²) >= 11 is 0. The number of amides is 1. The van der Waals surface area contributed by atoms with Crippen LogP contribution in [0.5, 0.6) is 0 Å². The van der Waals surface area contributed by atoms with Gasteiger partial charge in [0.2, 0.25) is 5.91 Å². The Bertz CT molecular complexity index is 464. The predicted molar refractivity (Wildman–Crippen MR) is 64.0 cm³/mol. The van der Waals surface area contributed by atoms with Crippen molar-refractivity contribution in [3.05, 3.63) is 35.4 Å². The summed E-state index contributed by atoms with van der Waals surface area (Å²) in [5.41, 5.74) is 1.75. The molecule has 1 aliphatic heterocycles. The van der Waals surface area contributed by atoms with Crippen molar-refractivity contribution in [1.29, 1.82) is 5.26 Å². The smallest absolute Gasteiger partial charge is 0.224 e. The molecule has 1 amide bonds. The molecular formula is C13H15N3O. The van der Waals surface area contributed by atoms with E-state index >= 15 is 0 Å². The van der Waals surface area contributed by atoms with E-state index in [9.17, 15) is 4.79 Å². The zero-order valence-electron chi connectivity index (χ0n) is 9.81. The van der Waals surface area contributed by atoms with Gasteiger partial charge in [0, 0.05) is 32.6 Å². The molecule has 1 aromatic carbocycles. The molecule has 1 aliphatic rings. The van der Waals surface area contributed by atoms with Crippen molar-refractivity contribution in [1.82, 2.24) is 10.2 Å². The van der Waals surface area contributed by atoms with Crippen LogP contribution in [0.2, 0.25) is 0 Å². The molecule has 1 N–H and O–H groups in total. The molecule has 88 valence electrons. The Morgan fingerprint density at radius 2 is 2.41 bits per heavy atom. The monoisotopic (exact) mass is 229 g/mol. The molecule has 17 heavy (non-hydrogen) atoms. The molecule has 4 heteroatoms. The third-order valence-electron chi connectivity index (χ3n) is 2.99. The highest BCUT2D eigenvalue weighted by Crippen LogP contribution is 2.10. The van der Waals surface area contributed by atoms with E-state index in [1.54, 1.807) is 11.0 Å². The quantitative estimate of drug-likeness (QED) is 0.837. The van der Waals surface area contributed by atoms with Crippen LogP contribution in [0.15, 0.2) is 24.3 Å². The van der Waals surface area contributed by atoms with Gasteiger partial charge >= 0.3 is 0 Å². The lowest BCUT2D eigenvalue weighted by atomic mass is 10.1. The first kappa shape index (κ1) is 11.6. The highest BCUT2D eigenvalue weighted by atomic mass is 16.2. The number of carbonyl (C=O) groups is 1. The lowest BCUT2D eigenvalue weighted by Gasteiger charge is -2.12. The molecule has 4 nitrogen and oxygen atoms in total. The fourth-order valence-corrected chi connectivity index (χ4v) is 2.01.